The number of rotatable bonds is 5. The highest BCUT2D eigenvalue weighted by molar-refractivity contribution is 5.80. The van der Waals surface area contributed by atoms with Crippen molar-refractivity contribution in [3.05, 3.63) is 0 Å². The molecule has 0 fully saturated rings. The molecule has 0 aromatic rings. The molecule has 0 spiro atoms. The maximum absolute atomic E-state index is 11.1. The van der Waals surface area contributed by atoms with Gasteiger partial charge in [0.15, 0.2) is 0 Å². The lowest BCUT2D eigenvalue weighted by atomic mass is 10.3. The predicted molar refractivity (Wildman–Crippen MR) is 58.3 cm³/mol. The Hall–Kier alpha value is -1.06. The zero-order chi connectivity index (χ0) is 9.56. The Labute approximate surface area is 86.9 Å². The van der Waals surface area contributed by atoms with E-state index in [2.05, 4.69) is 0 Å². The minimum Gasteiger partial charge on any atom is -0.481 e. The van der Waals surface area contributed by atoms with Gasteiger partial charge in [0.25, 0.3) is 0 Å². The van der Waals surface area contributed by atoms with Crippen molar-refractivity contribution >= 4 is 11.9 Å². The highest BCUT2D eigenvalue weighted by Crippen LogP contribution is 1.96. The van der Waals surface area contributed by atoms with Crippen molar-refractivity contribution in [2.45, 2.75) is 41.0 Å². The second-order valence-electron chi connectivity index (χ2n) is 2.71. The number of carboxylic acids is 1. The van der Waals surface area contributed by atoms with Crippen molar-refractivity contribution < 1.29 is 14.7 Å². The smallest absolute Gasteiger partial charge is 0.303 e. The van der Waals surface area contributed by atoms with Gasteiger partial charge in [0, 0.05) is 20.0 Å². The summed E-state index contributed by atoms with van der Waals surface area (Å²) < 4.78 is 0. The van der Waals surface area contributed by atoms with E-state index < -0.39 is 5.97 Å². The molecule has 0 aromatic carbocycles. The predicted octanol–water partition coefficient (Wildman–Crippen LogP) is 1.99. The first-order chi connectivity index (χ1) is 5.57. The average Bonchev–Trinajstić information content (AvgIpc) is 2.00. The second-order valence-corrected chi connectivity index (χ2v) is 2.71. The highest BCUT2D eigenvalue weighted by Gasteiger charge is 2.08. The van der Waals surface area contributed by atoms with Crippen LogP contribution in [0.1, 0.15) is 41.0 Å². The summed E-state index contributed by atoms with van der Waals surface area (Å²) in [6.07, 6.45) is 0.925. The van der Waals surface area contributed by atoms with E-state index in [1.807, 2.05) is 6.92 Å². The van der Waals surface area contributed by atoms with Crippen LogP contribution in [0.15, 0.2) is 0 Å². The molecule has 0 atom stereocenters. The summed E-state index contributed by atoms with van der Waals surface area (Å²) in [4.78, 5) is 22.8. The molecule has 1 N–H and O–H groups in total. The van der Waals surface area contributed by atoms with Gasteiger partial charge in [0.05, 0.1) is 6.42 Å². The van der Waals surface area contributed by atoms with Gasteiger partial charge in [-0.1, -0.05) is 21.8 Å². The summed E-state index contributed by atoms with van der Waals surface area (Å²) in [7, 11) is 1.69. The van der Waals surface area contributed by atoms with Gasteiger partial charge < -0.3 is 10.0 Å². The van der Waals surface area contributed by atoms with E-state index in [9.17, 15) is 9.59 Å². The van der Waals surface area contributed by atoms with Crippen LogP contribution in [0.2, 0.25) is 0 Å². The highest BCUT2D eigenvalue weighted by atomic mass is 16.4. The molecule has 0 aliphatic heterocycles. The van der Waals surface area contributed by atoms with Gasteiger partial charge in [-0.3, -0.25) is 9.59 Å². The van der Waals surface area contributed by atoms with Crippen molar-refractivity contribution in [2.75, 3.05) is 13.6 Å². The molecule has 0 saturated carbocycles. The normalized spacial score (nSPS) is 8.14. The number of nitrogens with zero attached hydrogens (tertiary/aromatic N) is 1. The van der Waals surface area contributed by atoms with Gasteiger partial charge in [0.1, 0.15) is 0 Å². The summed E-state index contributed by atoms with van der Waals surface area (Å²) in [6.45, 7) is 2.67. The number of carbonyl (C=O) groups is 2. The molecule has 0 rings (SSSR count). The molecule has 86 valence electrons. The van der Waals surface area contributed by atoms with Crippen molar-refractivity contribution in [2.24, 2.45) is 0 Å². The van der Waals surface area contributed by atoms with Gasteiger partial charge >= 0.3 is 5.97 Å². The van der Waals surface area contributed by atoms with Crippen LogP contribution < -0.4 is 0 Å². The van der Waals surface area contributed by atoms with Crippen LogP contribution >= 0.6 is 0 Å². The first kappa shape index (κ1) is 18.7. The van der Waals surface area contributed by atoms with Crippen LogP contribution in [0.5, 0.6) is 0 Å². The second kappa shape index (κ2) is 10.0. The molecule has 0 bridgehead atoms. The summed E-state index contributed by atoms with van der Waals surface area (Å²) in [6, 6.07) is 0. The fraction of sp³-hybridized carbons (Fsp3) is 0.800. The Morgan fingerprint density at radius 2 is 1.71 bits per heavy atom. The molecule has 0 radical (unpaired) electrons. The van der Waals surface area contributed by atoms with E-state index in [0.717, 1.165) is 6.42 Å². The lowest BCUT2D eigenvalue weighted by Crippen LogP contribution is -2.27. The molecule has 0 aromatic heterocycles. The molecular weight excluding hydrogens is 182 g/mol. The van der Waals surface area contributed by atoms with E-state index in [1.54, 1.807) is 11.9 Å². The minimum absolute atomic E-state index is 0. The number of amides is 1. The zero-order valence-corrected chi connectivity index (χ0v) is 7.54. The Balaban J connectivity index is -0.000000605. The summed E-state index contributed by atoms with van der Waals surface area (Å²) in [5, 5.41) is 8.30. The number of hydrogen-bond acceptors (Lipinski definition) is 2. The third-order valence-corrected chi connectivity index (χ3v) is 1.54. The fourth-order valence-corrected chi connectivity index (χ4v) is 0.865. The minimum atomic E-state index is -0.923. The molecule has 0 aliphatic rings. The van der Waals surface area contributed by atoms with Crippen LogP contribution in [0, 0.1) is 0 Å². The Morgan fingerprint density at radius 3 is 2.07 bits per heavy atom. The summed E-state index contributed by atoms with van der Waals surface area (Å²) in [5.41, 5.74) is 0. The van der Waals surface area contributed by atoms with Crippen LogP contribution in [-0.2, 0) is 9.59 Å². The van der Waals surface area contributed by atoms with E-state index in [1.165, 1.54) is 0 Å². The maximum Gasteiger partial charge on any atom is 0.303 e. The van der Waals surface area contributed by atoms with Crippen LogP contribution in [0.25, 0.3) is 0 Å². The standard InChI is InChI=1S/C8H15NO3.2CH4/c1-3-6-9(2)7(10)4-5-8(11)12;;/h3-6H2,1-2H3,(H,11,12);2*1H4. The van der Waals surface area contributed by atoms with Crippen LogP contribution in [-0.4, -0.2) is 35.5 Å². The van der Waals surface area contributed by atoms with Crippen molar-refractivity contribution in [3.63, 3.8) is 0 Å². The molecular formula is C10H23NO3. The molecule has 4 nitrogen and oxygen atoms in total. The zero-order valence-electron chi connectivity index (χ0n) is 7.54. The van der Waals surface area contributed by atoms with Gasteiger partial charge in [-0.05, 0) is 6.42 Å². The molecule has 0 heterocycles. The number of hydrogen-bond donors (Lipinski definition) is 1. The van der Waals surface area contributed by atoms with Crippen LogP contribution in [0.4, 0.5) is 0 Å². The topological polar surface area (TPSA) is 57.6 Å². The van der Waals surface area contributed by atoms with Crippen molar-refractivity contribution in [1.29, 1.82) is 0 Å². The number of carboxylic acid groups (broad SMARTS) is 1. The molecule has 0 aliphatic carbocycles. The average molecular weight is 205 g/mol. The lowest BCUT2D eigenvalue weighted by Gasteiger charge is -2.14. The summed E-state index contributed by atoms with van der Waals surface area (Å²) in [5.74, 6) is -1.02. The lowest BCUT2D eigenvalue weighted by molar-refractivity contribution is -0.140. The van der Waals surface area contributed by atoms with E-state index in [4.69, 9.17) is 5.11 Å². The first-order valence-electron chi connectivity index (χ1n) is 4.03. The molecule has 14 heavy (non-hydrogen) atoms. The SMILES string of the molecule is C.C.CCCN(C)C(=O)CCC(=O)O. The fourth-order valence-electron chi connectivity index (χ4n) is 0.865. The Morgan fingerprint density at radius 1 is 1.21 bits per heavy atom. The maximum atomic E-state index is 11.1. The monoisotopic (exact) mass is 205 g/mol. The molecule has 0 saturated heterocycles. The third kappa shape index (κ3) is 9.03. The van der Waals surface area contributed by atoms with Gasteiger partial charge in [0.2, 0.25) is 5.91 Å². The van der Waals surface area contributed by atoms with Gasteiger partial charge in [-0.15, -0.1) is 0 Å². The van der Waals surface area contributed by atoms with Gasteiger partial charge in [-0.2, -0.15) is 0 Å². The first-order valence-corrected chi connectivity index (χ1v) is 4.03. The summed E-state index contributed by atoms with van der Waals surface area (Å²) >= 11 is 0. The quantitative estimate of drug-likeness (QED) is 0.746. The Bertz CT molecular complexity index is 169. The number of aliphatic carboxylic acids is 1. The number of carbonyl (C=O) groups excluding carboxylic acids is 1. The van der Waals surface area contributed by atoms with Crippen LogP contribution in [0.3, 0.4) is 0 Å². The van der Waals surface area contributed by atoms with E-state index in [0.29, 0.717) is 6.54 Å². The van der Waals surface area contributed by atoms with Crippen molar-refractivity contribution in [3.8, 4) is 0 Å². The molecule has 0 unspecified atom stereocenters. The molecule has 4 heteroatoms. The largest absolute Gasteiger partial charge is 0.481 e. The van der Waals surface area contributed by atoms with Gasteiger partial charge in [-0.25, -0.2) is 0 Å². The van der Waals surface area contributed by atoms with E-state index >= 15 is 0 Å². The Kier molecular flexibility index (Phi) is 13.4. The van der Waals surface area contributed by atoms with E-state index in [-0.39, 0.29) is 33.6 Å². The molecule has 1 amide bonds. The third-order valence-electron chi connectivity index (χ3n) is 1.54. The van der Waals surface area contributed by atoms with Crippen molar-refractivity contribution in [1.82, 2.24) is 4.90 Å².